The Morgan fingerprint density at radius 3 is 2.25 bits per heavy atom. The highest BCUT2D eigenvalue weighted by molar-refractivity contribution is 5.62. The monoisotopic (exact) mass is 161 g/mol. The second-order valence-electron chi connectivity index (χ2n) is 3.14. The molecule has 0 N–H and O–H groups in total. The lowest BCUT2D eigenvalue weighted by Crippen LogP contribution is -2.01. The standard InChI is InChI=1S/C11H15N/c1-10(9-12(2)3)11-7-5-4-6-8-11/h4-9H,1-3H3/b10-9-. The van der Waals surface area contributed by atoms with Crippen molar-refractivity contribution in [3.8, 4) is 0 Å². The zero-order valence-electron chi connectivity index (χ0n) is 7.91. The largest absolute Gasteiger partial charge is 0.383 e. The quantitative estimate of drug-likeness (QED) is 0.644. The average molecular weight is 161 g/mol. The van der Waals surface area contributed by atoms with Gasteiger partial charge in [-0.2, -0.15) is 0 Å². The first-order valence-electron chi connectivity index (χ1n) is 4.10. The van der Waals surface area contributed by atoms with Gasteiger partial charge in [-0.1, -0.05) is 30.3 Å². The molecule has 0 aliphatic rings. The average Bonchev–Trinajstić information content (AvgIpc) is 2.05. The van der Waals surface area contributed by atoms with Crippen molar-refractivity contribution in [1.82, 2.24) is 4.90 Å². The highest BCUT2D eigenvalue weighted by atomic mass is 15.0. The van der Waals surface area contributed by atoms with Crippen LogP contribution in [0.1, 0.15) is 12.5 Å². The van der Waals surface area contributed by atoms with Crippen LogP contribution in [0, 0.1) is 0 Å². The van der Waals surface area contributed by atoms with Crippen LogP contribution in [0.5, 0.6) is 0 Å². The second-order valence-corrected chi connectivity index (χ2v) is 3.14. The molecule has 1 heteroatoms. The number of hydrogen-bond acceptors (Lipinski definition) is 1. The van der Waals surface area contributed by atoms with Gasteiger partial charge in [0.2, 0.25) is 0 Å². The van der Waals surface area contributed by atoms with E-state index in [1.807, 2.05) is 20.2 Å². The first kappa shape index (κ1) is 8.85. The van der Waals surface area contributed by atoms with Crippen molar-refractivity contribution < 1.29 is 0 Å². The summed E-state index contributed by atoms with van der Waals surface area (Å²) in [5.74, 6) is 0. The Labute approximate surface area is 74.3 Å². The Morgan fingerprint density at radius 2 is 1.75 bits per heavy atom. The van der Waals surface area contributed by atoms with E-state index in [1.54, 1.807) is 0 Å². The van der Waals surface area contributed by atoms with Gasteiger partial charge in [-0.3, -0.25) is 0 Å². The molecule has 0 spiro atoms. The fraction of sp³-hybridized carbons (Fsp3) is 0.273. The van der Waals surface area contributed by atoms with Crippen molar-refractivity contribution >= 4 is 5.57 Å². The third-order valence-corrected chi connectivity index (χ3v) is 1.68. The third kappa shape index (κ3) is 2.42. The number of benzene rings is 1. The minimum atomic E-state index is 1.28. The van der Waals surface area contributed by atoms with E-state index in [0.29, 0.717) is 0 Å². The number of hydrogen-bond donors (Lipinski definition) is 0. The van der Waals surface area contributed by atoms with Crippen LogP contribution in [-0.4, -0.2) is 19.0 Å². The Balaban J connectivity index is 2.85. The molecule has 0 aromatic heterocycles. The molecule has 12 heavy (non-hydrogen) atoms. The molecule has 0 fully saturated rings. The summed E-state index contributed by atoms with van der Waals surface area (Å²) in [4.78, 5) is 2.06. The molecule has 1 aromatic rings. The molecular formula is C11H15N. The lowest BCUT2D eigenvalue weighted by Gasteiger charge is -2.07. The molecular weight excluding hydrogens is 146 g/mol. The number of allylic oxidation sites excluding steroid dienone is 1. The molecule has 0 unspecified atom stereocenters. The minimum absolute atomic E-state index is 1.28. The van der Waals surface area contributed by atoms with E-state index in [4.69, 9.17) is 0 Å². The molecule has 0 aliphatic heterocycles. The zero-order chi connectivity index (χ0) is 8.97. The minimum Gasteiger partial charge on any atom is -0.383 e. The van der Waals surface area contributed by atoms with Crippen LogP contribution >= 0.6 is 0 Å². The van der Waals surface area contributed by atoms with Gasteiger partial charge < -0.3 is 4.90 Å². The lowest BCUT2D eigenvalue weighted by molar-refractivity contribution is 0.565. The molecule has 0 bridgehead atoms. The summed E-state index contributed by atoms with van der Waals surface area (Å²) in [5.41, 5.74) is 2.58. The van der Waals surface area contributed by atoms with E-state index >= 15 is 0 Å². The van der Waals surface area contributed by atoms with Gasteiger partial charge in [-0.25, -0.2) is 0 Å². The van der Waals surface area contributed by atoms with E-state index in [2.05, 4.69) is 42.3 Å². The third-order valence-electron chi connectivity index (χ3n) is 1.68. The van der Waals surface area contributed by atoms with E-state index < -0.39 is 0 Å². The van der Waals surface area contributed by atoms with E-state index in [0.717, 1.165) is 0 Å². The van der Waals surface area contributed by atoms with Crippen LogP contribution in [0.2, 0.25) is 0 Å². The number of rotatable bonds is 2. The summed E-state index contributed by atoms with van der Waals surface area (Å²) in [5, 5.41) is 0. The summed E-state index contributed by atoms with van der Waals surface area (Å²) in [7, 11) is 4.07. The van der Waals surface area contributed by atoms with Crippen LogP contribution in [0.25, 0.3) is 5.57 Å². The van der Waals surface area contributed by atoms with Crippen molar-refractivity contribution in [3.63, 3.8) is 0 Å². The van der Waals surface area contributed by atoms with Gasteiger partial charge in [0.25, 0.3) is 0 Å². The van der Waals surface area contributed by atoms with Gasteiger partial charge in [0.1, 0.15) is 0 Å². The van der Waals surface area contributed by atoms with E-state index in [-0.39, 0.29) is 0 Å². The molecule has 1 nitrogen and oxygen atoms in total. The first-order valence-corrected chi connectivity index (χ1v) is 4.10. The van der Waals surface area contributed by atoms with Crippen molar-refractivity contribution in [2.45, 2.75) is 6.92 Å². The highest BCUT2D eigenvalue weighted by Gasteiger charge is 1.92. The molecule has 0 saturated carbocycles. The molecule has 0 atom stereocenters. The summed E-state index contributed by atoms with van der Waals surface area (Å²) >= 11 is 0. The predicted molar refractivity (Wildman–Crippen MR) is 53.8 cm³/mol. The Bertz CT molecular complexity index is 260. The van der Waals surface area contributed by atoms with E-state index in [9.17, 15) is 0 Å². The Kier molecular flexibility index (Phi) is 2.92. The normalized spacial score (nSPS) is 11.4. The SMILES string of the molecule is C/C(=C/N(C)C)c1ccccc1. The van der Waals surface area contributed by atoms with Crippen molar-refractivity contribution in [3.05, 3.63) is 42.1 Å². The molecule has 0 radical (unpaired) electrons. The fourth-order valence-corrected chi connectivity index (χ4v) is 1.16. The maximum Gasteiger partial charge on any atom is 0.00557 e. The van der Waals surface area contributed by atoms with Crippen molar-refractivity contribution in [1.29, 1.82) is 0 Å². The second kappa shape index (κ2) is 3.96. The first-order chi connectivity index (χ1) is 5.70. The topological polar surface area (TPSA) is 3.24 Å². The van der Waals surface area contributed by atoms with Gasteiger partial charge in [0.05, 0.1) is 0 Å². The van der Waals surface area contributed by atoms with Crippen LogP contribution < -0.4 is 0 Å². The summed E-state index contributed by atoms with van der Waals surface area (Å²) in [6.45, 7) is 2.12. The summed E-state index contributed by atoms with van der Waals surface area (Å²) in [6, 6.07) is 10.4. The predicted octanol–water partition coefficient (Wildman–Crippen LogP) is 2.61. The van der Waals surface area contributed by atoms with Crippen LogP contribution in [0.15, 0.2) is 36.5 Å². The van der Waals surface area contributed by atoms with Crippen molar-refractivity contribution in [2.24, 2.45) is 0 Å². The summed E-state index contributed by atoms with van der Waals surface area (Å²) < 4.78 is 0. The van der Waals surface area contributed by atoms with E-state index in [1.165, 1.54) is 11.1 Å². The molecule has 1 aromatic carbocycles. The molecule has 64 valence electrons. The molecule has 0 aliphatic carbocycles. The van der Waals surface area contributed by atoms with Crippen LogP contribution in [-0.2, 0) is 0 Å². The van der Waals surface area contributed by atoms with Crippen LogP contribution in [0.4, 0.5) is 0 Å². The van der Waals surface area contributed by atoms with Crippen LogP contribution in [0.3, 0.4) is 0 Å². The lowest BCUT2D eigenvalue weighted by atomic mass is 10.1. The maximum atomic E-state index is 2.12. The Hall–Kier alpha value is -1.24. The molecule has 0 heterocycles. The van der Waals surface area contributed by atoms with Gasteiger partial charge in [0, 0.05) is 20.3 Å². The summed E-state index contributed by atoms with van der Waals surface area (Å²) in [6.07, 6.45) is 2.12. The maximum absolute atomic E-state index is 2.12. The highest BCUT2D eigenvalue weighted by Crippen LogP contribution is 2.12. The zero-order valence-corrected chi connectivity index (χ0v) is 7.91. The van der Waals surface area contributed by atoms with Gasteiger partial charge in [-0.15, -0.1) is 0 Å². The number of nitrogens with zero attached hydrogens (tertiary/aromatic N) is 1. The van der Waals surface area contributed by atoms with Gasteiger partial charge >= 0.3 is 0 Å². The molecule has 0 amide bonds. The van der Waals surface area contributed by atoms with Gasteiger partial charge in [-0.05, 0) is 18.1 Å². The molecule has 1 rings (SSSR count). The van der Waals surface area contributed by atoms with Crippen molar-refractivity contribution in [2.75, 3.05) is 14.1 Å². The fourth-order valence-electron chi connectivity index (χ4n) is 1.16. The van der Waals surface area contributed by atoms with Gasteiger partial charge in [0.15, 0.2) is 0 Å². The molecule has 0 saturated heterocycles. The Morgan fingerprint density at radius 1 is 1.17 bits per heavy atom. The smallest absolute Gasteiger partial charge is 0.00557 e.